The van der Waals surface area contributed by atoms with E-state index < -0.39 is 78.2 Å². The van der Waals surface area contributed by atoms with E-state index in [4.69, 9.17) is 16.2 Å². The van der Waals surface area contributed by atoms with Crippen molar-refractivity contribution in [1.29, 1.82) is 0 Å². The fraction of sp³-hybridized carbons (Fsp3) is 0.720. The molecule has 0 aliphatic carbocycles. The third kappa shape index (κ3) is 8.29. The number of esters is 1. The summed E-state index contributed by atoms with van der Waals surface area (Å²) in [7, 11) is 0. The van der Waals surface area contributed by atoms with E-state index in [-0.39, 0.29) is 25.0 Å². The number of nitrogens with zero attached hydrogens (tertiary/aromatic N) is 2. The predicted molar refractivity (Wildman–Crippen MR) is 142 cm³/mol. The molecule has 15 nitrogen and oxygen atoms in total. The molecule has 0 aromatic carbocycles. The molecule has 40 heavy (non-hydrogen) atoms. The molecule has 0 aromatic heterocycles. The van der Waals surface area contributed by atoms with Crippen LogP contribution in [0.5, 0.6) is 0 Å². The van der Waals surface area contributed by atoms with Gasteiger partial charge in [0.1, 0.15) is 29.8 Å². The number of guanidine groups is 1. The molecule has 3 aliphatic heterocycles. The summed E-state index contributed by atoms with van der Waals surface area (Å²) in [5, 5.41) is 10.3. The van der Waals surface area contributed by atoms with Crippen molar-refractivity contribution in [2.45, 2.75) is 102 Å². The molecule has 5 amide bonds. The smallest absolute Gasteiger partial charge is 0.308 e. The van der Waals surface area contributed by atoms with E-state index in [1.165, 1.54) is 4.90 Å². The van der Waals surface area contributed by atoms with Crippen LogP contribution in [0.1, 0.15) is 65.7 Å². The summed E-state index contributed by atoms with van der Waals surface area (Å²) in [4.78, 5) is 83.5. The maximum absolute atomic E-state index is 13.5. The number of carbonyl (C=O) groups is 6. The number of piperidine rings is 1. The number of nitrogens with one attached hydrogen (secondary N) is 4. The minimum atomic E-state index is -1.35. The zero-order valence-electron chi connectivity index (χ0n) is 23.2. The average Bonchev–Trinajstić information content (AvgIpc) is 3.29. The third-order valence-corrected chi connectivity index (χ3v) is 6.91. The maximum Gasteiger partial charge on any atom is 0.308 e. The molecule has 3 rings (SSSR count). The number of hydrogen-bond acceptors (Lipinski definition) is 8. The first-order valence-corrected chi connectivity index (χ1v) is 13.5. The van der Waals surface area contributed by atoms with Gasteiger partial charge in [-0.1, -0.05) is 0 Å². The van der Waals surface area contributed by atoms with Gasteiger partial charge in [0.05, 0.1) is 13.0 Å². The van der Waals surface area contributed by atoms with Crippen LogP contribution in [-0.2, 0) is 33.5 Å². The van der Waals surface area contributed by atoms with E-state index in [1.54, 1.807) is 20.8 Å². The Bertz CT molecular complexity index is 1050. The summed E-state index contributed by atoms with van der Waals surface area (Å²) in [6, 6.07) is -4.28. The van der Waals surface area contributed by atoms with Gasteiger partial charge in [0.15, 0.2) is 5.96 Å². The lowest BCUT2D eigenvalue weighted by molar-refractivity contribution is -0.156. The van der Waals surface area contributed by atoms with E-state index in [2.05, 4.69) is 26.3 Å². The average molecular weight is 565 g/mol. The molecule has 3 heterocycles. The van der Waals surface area contributed by atoms with Gasteiger partial charge in [0.2, 0.25) is 29.5 Å². The van der Waals surface area contributed by atoms with Crippen LogP contribution in [0, 0.1) is 0 Å². The molecule has 3 fully saturated rings. The van der Waals surface area contributed by atoms with Crippen molar-refractivity contribution in [2.75, 3.05) is 13.1 Å². The third-order valence-electron chi connectivity index (χ3n) is 6.91. The Balaban J connectivity index is 1.85. The molecule has 8 N–H and O–H groups in total. The van der Waals surface area contributed by atoms with Gasteiger partial charge < -0.3 is 42.4 Å². The van der Waals surface area contributed by atoms with Gasteiger partial charge in [0, 0.05) is 12.6 Å². The van der Waals surface area contributed by atoms with E-state index in [0.717, 1.165) is 0 Å². The Morgan fingerprint density at radius 1 is 0.950 bits per heavy atom. The van der Waals surface area contributed by atoms with Gasteiger partial charge in [0.25, 0.3) is 0 Å². The SMILES string of the molecule is CC(C)(C)OC(=O)C[C@@H]1NC(=O)CNC(=O)[C@H](CCCN=C(N)N)NC(=O)[C@@H]2CC[C@@H]3CC[C@H](NC1=O)C(=O)N32. The molecule has 3 aliphatic rings. The van der Waals surface area contributed by atoms with E-state index in [9.17, 15) is 28.8 Å². The molecule has 0 radical (unpaired) electrons. The number of rotatable bonds is 6. The number of hydrogen-bond donors (Lipinski definition) is 6. The van der Waals surface area contributed by atoms with Crippen molar-refractivity contribution in [2.24, 2.45) is 16.5 Å². The standard InChI is InChI=1S/C25H40N8O7/c1-25(2,3)40-19(35)11-16-21(37)32-15-8-6-13-7-9-17(33(13)23(15)39)22(38)31-14(5-4-10-28-24(26)27)20(36)29-12-18(34)30-16/h13-17H,4-12H2,1-3H3,(H,29,36)(H,30,34)(H,31,38)(H,32,37)(H4,26,27,28)/t13-,14-,15-,16-,17-/m0/s1. The second-order valence-electron chi connectivity index (χ2n) is 11.3. The molecular weight excluding hydrogens is 524 g/mol. The highest BCUT2D eigenvalue weighted by molar-refractivity contribution is 5.98. The number of ether oxygens (including phenoxy) is 1. The molecule has 5 atom stereocenters. The van der Waals surface area contributed by atoms with E-state index in [0.29, 0.717) is 32.1 Å². The Hall–Kier alpha value is -3.91. The van der Waals surface area contributed by atoms with Crippen molar-refractivity contribution >= 4 is 41.5 Å². The van der Waals surface area contributed by atoms with Gasteiger partial charge in [-0.05, 0) is 59.3 Å². The van der Waals surface area contributed by atoms with Gasteiger partial charge in [-0.2, -0.15) is 0 Å². The van der Waals surface area contributed by atoms with Crippen LogP contribution in [0.2, 0.25) is 0 Å². The Kier molecular flexibility index (Phi) is 9.93. The summed E-state index contributed by atoms with van der Waals surface area (Å²) in [6.45, 7) is 4.71. The lowest BCUT2D eigenvalue weighted by Gasteiger charge is -2.38. The molecule has 0 aromatic rings. The largest absolute Gasteiger partial charge is 0.460 e. The highest BCUT2D eigenvalue weighted by atomic mass is 16.6. The van der Waals surface area contributed by atoms with Crippen molar-refractivity contribution in [1.82, 2.24) is 26.2 Å². The summed E-state index contributed by atoms with van der Waals surface area (Å²) in [6.07, 6.45) is 1.98. The lowest BCUT2D eigenvalue weighted by Crippen LogP contribution is -2.61. The van der Waals surface area contributed by atoms with Crippen molar-refractivity contribution in [3.05, 3.63) is 0 Å². The van der Waals surface area contributed by atoms with Gasteiger partial charge >= 0.3 is 5.97 Å². The summed E-state index contributed by atoms with van der Waals surface area (Å²) in [5.41, 5.74) is 9.89. The summed E-state index contributed by atoms with van der Waals surface area (Å²) in [5.74, 6) is -3.86. The Morgan fingerprint density at radius 3 is 2.33 bits per heavy atom. The molecule has 3 saturated heterocycles. The molecule has 222 valence electrons. The fourth-order valence-electron chi connectivity index (χ4n) is 5.16. The minimum absolute atomic E-state index is 0.105. The molecule has 0 unspecified atom stereocenters. The summed E-state index contributed by atoms with van der Waals surface area (Å²) < 4.78 is 5.31. The fourth-order valence-corrected chi connectivity index (χ4v) is 5.16. The number of aliphatic imine (C=N–C) groups is 1. The molecule has 15 heteroatoms. The van der Waals surface area contributed by atoms with Gasteiger partial charge in [-0.25, -0.2) is 0 Å². The lowest BCUT2D eigenvalue weighted by atomic mass is 9.97. The summed E-state index contributed by atoms with van der Waals surface area (Å²) >= 11 is 0. The second kappa shape index (κ2) is 13.0. The highest BCUT2D eigenvalue weighted by Gasteiger charge is 2.47. The van der Waals surface area contributed by atoms with Crippen LogP contribution in [-0.4, -0.2) is 95.3 Å². The highest BCUT2D eigenvalue weighted by Crippen LogP contribution is 2.33. The monoisotopic (exact) mass is 564 g/mol. The number of fused-ring (bicyclic) bond motifs is 1. The molecular formula is C25H40N8O7. The van der Waals surface area contributed by atoms with Crippen LogP contribution in [0.25, 0.3) is 0 Å². The van der Waals surface area contributed by atoms with Crippen molar-refractivity contribution in [3.63, 3.8) is 0 Å². The first-order chi connectivity index (χ1) is 18.7. The van der Waals surface area contributed by atoms with Crippen LogP contribution in [0.4, 0.5) is 0 Å². The number of nitrogens with two attached hydrogens (primary N) is 2. The van der Waals surface area contributed by atoms with Gasteiger partial charge in [-0.3, -0.25) is 33.8 Å². The normalized spacial score (nSPS) is 27.8. The van der Waals surface area contributed by atoms with E-state index in [1.807, 2.05) is 0 Å². The topological polar surface area (TPSA) is 227 Å². The zero-order valence-corrected chi connectivity index (χ0v) is 23.2. The molecule has 0 spiro atoms. The number of amides is 5. The number of carbonyl (C=O) groups excluding carboxylic acids is 6. The van der Waals surface area contributed by atoms with E-state index >= 15 is 0 Å². The Morgan fingerprint density at radius 2 is 1.65 bits per heavy atom. The molecule has 2 bridgehead atoms. The van der Waals surface area contributed by atoms with Crippen LogP contribution in [0.3, 0.4) is 0 Å². The maximum atomic E-state index is 13.5. The van der Waals surface area contributed by atoms with Gasteiger partial charge in [-0.15, -0.1) is 0 Å². The Labute approximate surface area is 232 Å². The zero-order chi connectivity index (χ0) is 29.6. The first-order valence-electron chi connectivity index (χ1n) is 13.5. The van der Waals surface area contributed by atoms with Crippen LogP contribution >= 0.6 is 0 Å². The second-order valence-corrected chi connectivity index (χ2v) is 11.3. The quantitative estimate of drug-likeness (QED) is 0.0866. The van der Waals surface area contributed by atoms with Crippen molar-refractivity contribution in [3.8, 4) is 0 Å². The van der Waals surface area contributed by atoms with Crippen LogP contribution < -0.4 is 32.7 Å². The first kappa shape index (κ1) is 30.6. The predicted octanol–water partition coefficient (Wildman–Crippen LogP) is -2.49. The van der Waals surface area contributed by atoms with Crippen molar-refractivity contribution < 1.29 is 33.5 Å². The molecule has 0 saturated carbocycles. The van der Waals surface area contributed by atoms with Crippen LogP contribution in [0.15, 0.2) is 4.99 Å². The minimum Gasteiger partial charge on any atom is -0.460 e.